The second kappa shape index (κ2) is 8.89. The summed E-state index contributed by atoms with van der Waals surface area (Å²) in [5.41, 5.74) is 0. The van der Waals surface area contributed by atoms with E-state index in [1.807, 2.05) is 7.05 Å². The third kappa shape index (κ3) is 5.06. The summed E-state index contributed by atoms with van der Waals surface area (Å²) >= 11 is 2.11. The van der Waals surface area contributed by atoms with Crippen LogP contribution in [0.15, 0.2) is 4.99 Å². The van der Waals surface area contributed by atoms with Gasteiger partial charge in [0.25, 0.3) is 0 Å². The Kier molecular flexibility index (Phi) is 7.17. The molecular formula is C16H32N4S. The minimum absolute atomic E-state index is 0.762. The molecule has 4 nitrogen and oxygen atoms in total. The van der Waals surface area contributed by atoms with E-state index >= 15 is 0 Å². The third-order valence-corrected chi connectivity index (χ3v) is 6.17. The fourth-order valence-corrected chi connectivity index (χ4v) is 4.54. The highest BCUT2D eigenvalue weighted by molar-refractivity contribution is 8.00. The molecule has 0 aromatic heterocycles. The molecule has 1 heterocycles. The Morgan fingerprint density at radius 2 is 2.14 bits per heavy atom. The summed E-state index contributed by atoms with van der Waals surface area (Å²) in [5, 5.41) is 4.33. The smallest absolute Gasteiger partial charge is 0.193 e. The first-order valence-electron chi connectivity index (χ1n) is 8.52. The summed E-state index contributed by atoms with van der Waals surface area (Å²) in [6, 6.07) is 0.810. The lowest BCUT2D eigenvalue weighted by atomic mass is 10.2. The highest BCUT2D eigenvalue weighted by Crippen LogP contribution is 2.22. The summed E-state index contributed by atoms with van der Waals surface area (Å²) in [4.78, 5) is 9.43. The van der Waals surface area contributed by atoms with Gasteiger partial charge < -0.3 is 15.1 Å². The van der Waals surface area contributed by atoms with Gasteiger partial charge in [-0.1, -0.05) is 19.8 Å². The van der Waals surface area contributed by atoms with E-state index in [0.717, 1.165) is 43.4 Å². The number of likely N-dealkylation sites (N-methyl/N-ethyl adjacent to an activating group) is 1. The SMILES string of the molecule is CCC1CN(C(=NC)NCCN(C)C2CCCC2)CCS1. The van der Waals surface area contributed by atoms with E-state index in [1.54, 1.807) is 0 Å². The molecule has 2 rings (SSSR count). The van der Waals surface area contributed by atoms with Crippen molar-refractivity contribution in [1.82, 2.24) is 15.1 Å². The van der Waals surface area contributed by atoms with Crippen molar-refractivity contribution in [3.63, 3.8) is 0 Å². The molecule has 1 unspecified atom stereocenters. The lowest BCUT2D eigenvalue weighted by Crippen LogP contribution is -2.49. The molecule has 1 aliphatic heterocycles. The molecule has 1 atom stereocenters. The first-order chi connectivity index (χ1) is 10.2. The molecule has 122 valence electrons. The molecule has 0 aromatic rings. The van der Waals surface area contributed by atoms with E-state index in [4.69, 9.17) is 0 Å². The van der Waals surface area contributed by atoms with Gasteiger partial charge in [0.1, 0.15) is 0 Å². The molecule has 0 radical (unpaired) electrons. The van der Waals surface area contributed by atoms with Crippen LogP contribution in [-0.4, -0.2) is 73.1 Å². The van der Waals surface area contributed by atoms with E-state index in [-0.39, 0.29) is 0 Å². The van der Waals surface area contributed by atoms with Crippen LogP contribution < -0.4 is 5.32 Å². The maximum atomic E-state index is 4.48. The van der Waals surface area contributed by atoms with Crippen molar-refractivity contribution in [2.75, 3.05) is 46.0 Å². The van der Waals surface area contributed by atoms with Crippen LogP contribution in [-0.2, 0) is 0 Å². The number of rotatable bonds is 5. The van der Waals surface area contributed by atoms with Crippen molar-refractivity contribution in [3.8, 4) is 0 Å². The van der Waals surface area contributed by atoms with E-state index < -0.39 is 0 Å². The van der Waals surface area contributed by atoms with Gasteiger partial charge in [0, 0.05) is 50.3 Å². The van der Waals surface area contributed by atoms with Crippen molar-refractivity contribution < 1.29 is 0 Å². The van der Waals surface area contributed by atoms with Crippen LogP contribution in [0.1, 0.15) is 39.0 Å². The standard InChI is InChI=1S/C16H32N4S/c1-4-15-13-20(11-12-21-15)16(17-2)18-9-10-19(3)14-7-5-6-8-14/h14-15H,4-13H2,1-3H3,(H,17,18). The second-order valence-electron chi connectivity index (χ2n) is 6.24. The van der Waals surface area contributed by atoms with Gasteiger partial charge in [-0.05, 0) is 26.3 Å². The maximum absolute atomic E-state index is 4.48. The Morgan fingerprint density at radius 3 is 2.81 bits per heavy atom. The van der Waals surface area contributed by atoms with Gasteiger partial charge in [-0.25, -0.2) is 0 Å². The van der Waals surface area contributed by atoms with Crippen LogP contribution >= 0.6 is 11.8 Å². The van der Waals surface area contributed by atoms with Gasteiger partial charge in [-0.2, -0.15) is 11.8 Å². The lowest BCUT2D eigenvalue weighted by Gasteiger charge is -2.34. The summed E-state index contributed by atoms with van der Waals surface area (Å²) in [6.07, 6.45) is 6.84. The van der Waals surface area contributed by atoms with Crippen molar-refractivity contribution in [2.45, 2.75) is 50.3 Å². The molecule has 2 aliphatic rings. The van der Waals surface area contributed by atoms with Crippen LogP contribution in [0, 0.1) is 0 Å². The zero-order chi connectivity index (χ0) is 15.1. The predicted molar refractivity (Wildman–Crippen MR) is 94.4 cm³/mol. The van der Waals surface area contributed by atoms with Gasteiger partial charge in [0.05, 0.1) is 0 Å². The summed E-state index contributed by atoms with van der Waals surface area (Å²) < 4.78 is 0. The summed E-state index contributed by atoms with van der Waals surface area (Å²) in [6.45, 7) is 6.66. The molecule has 0 amide bonds. The first-order valence-corrected chi connectivity index (χ1v) is 9.57. The second-order valence-corrected chi connectivity index (χ2v) is 7.65. The zero-order valence-corrected chi connectivity index (χ0v) is 14.8. The van der Waals surface area contributed by atoms with E-state index in [1.165, 1.54) is 37.9 Å². The number of thioether (sulfide) groups is 1. The monoisotopic (exact) mass is 312 g/mol. The zero-order valence-electron chi connectivity index (χ0n) is 14.0. The van der Waals surface area contributed by atoms with Crippen LogP contribution in [0.5, 0.6) is 0 Å². The Morgan fingerprint density at radius 1 is 1.38 bits per heavy atom. The highest BCUT2D eigenvalue weighted by Gasteiger charge is 2.22. The maximum Gasteiger partial charge on any atom is 0.193 e. The number of nitrogens with zero attached hydrogens (tertiary/aromatic N) is 3. The van der Waals surface area contributed by atoms with Crippen LogP contribution in [0.3, 0.4) is 0 Å². The van der Waals surface area contributed by atoms with Crippen molar-refractivity contribution >= 4 is 17.7 Å². The van der Waals surface area contributed by atoms with Crippen molar-refractivity contribution in [1.29, 1.82) is 0 Å². The van der Waals surface area contributed by atoms with Gasteiger partial charge >= 0.3 is 0 Å². The molecule has 21 heavy (non-hydrogen) atoms. The number of hydrogen-bond donors (Lipinski definition) is 1. The molecule has 1 aliphatic carbocycles. The molecule has 2 fully saturated rings. The largest absolute Gasteiger partial charge is 0.355 e. The molecule has 1 saturated heterocycles. The van der Waals surface area contributed by atoms with Crippen molar-refractivity contribution in [2.24, 2.45) is 4.99 Å². The average molecular weight is 313 g/mol. The highest BCUT2D eigenvalue weighted by atomic mass is 32.2. The van der Waals surface area contributed by atoms with Gasteiger partial charge in [-0.3, -0.25) is 4.99 Å². The Hall–Kier alpha value is -0.420. The Balaban J connectivity index is 1.72. The third-order valence-electron chi connectivity index (χ3n) is 4.80. The minimum Gasteiger partial charge on any atom is -0.355 e. The quantitative estimate of drug-likeness (QED) is 0.623. The topological polar surface area (TPSA) is 30.9 Å². The number of hydrogen-bond acceptors (Lipinski definition) is 3. The summed E-state index contributed by atoms with van der Waals surface area (Å²) in [5.74, 6) is 2.31. The normalized spacial score (nSPS) is 24.9. The van der Waals surface area contributed by atoms with Gasteiger partial charge in [0.2, 0.25) is 0 Å². The average Bonchev–Trinajstić information content (AvgIpc) is 3.06. The molecule has 0 aromatic carbocycles. The molecule has 0 spiro atoms. The fraction of sp³-hybridized carbons (Fsp3) is 0.938. The molecule has 1 saturated carbocycles. The predicted octanol–water partition coefficient (Wildman–Crippen LogP) is 2.26. The molecule has 5 heteroatoms. The van der Waals surface area contributed by atoms with E-state index in [9.17, 15) is 0 Å². The molecule has 1 N–H and O–H groups in total. The van der Waals surface area contributed by atoms with Gasteiger partial charge in [0.15, 0.2) is 5.96 Å². The van der Waals surface area contributed by atoms with E-state index in [0.29, 0.717) is 0 Å². The summed E-state index contributed by atoms with van der Waals surface area (Å²) in [7, 11) is 4.18. The Labute approximate surface area is 134 Å². The first kappa shape index (κ1) is 16.9. The number of aliphatic imine (C=N–C) groups is 1. The molecular weight excluding hydrogens is 280 g/mol. The lowest BCUT2D eigenvalue weighted by molar-refractivity contribution is 0.248. The fourth-order valence-electron chi connectivity index (χ4n) is 3.36. The van der Waals surface area contributed by atoms with Crippen LogP contribution in [0.2, 0.25) is 0 Å². The van der Waals surface area contributed by atoms with Crippen LogP contribution in [0.4, 0.5) is 0 Å². The number of nitrogens with one attached hydrogen (secondary N) is 1. The Bertz CT molecular complexity index is 328. The van der Waals surface area contributed by atoms with E-state index in [2.05, 4.69) is 45.8 Å². The van der Waals surface area contributed by atoms with Gasteiger partial charge in [-0.15, -0.1) is 0 Å². The number of guanidine groups is 1. The van der Waals surface area contributed by atoms with Crippen molar-refractivity contribution in [3.05, 3.63) is 0 Å². The molecule has 0 bridgehead atoms. The minimum atomic E-state index is 0.762. The van der Waals surface area contributed by atoms with Crippen LogP contribution in [0.25, 0.3) is 0 Å².